The molecule has 0 spiro atoms. The molecule has 28 heavy (non-hydrogen) atoms. The Morgan fingerprint density at radius 2 is 1.61 bits per heavy atom. The highest BCUT2D eigenvalue weighted by atomic mass is 16.5. The Balaban J connectivity index is 1.47. The molecule has 1 amide bonds. The summed E-state index contributed by atoms with van der Waals surface area (Å²) in [6, 6.07) is 24.3. The Labute approximate surface area is 164 Å². The van der Waals surface area contributed by atoms with Crippen molar-refractivity contribution in [2.45, 2.75) is 13.5 Å². The van der Waals surface area contributed by atoms with Gasteiger partial charge in [0.15, 0.2) is 5.78 Å². The van der Waals surface area contributed by atoms with E-state index in [1.165, 1.54) is 6.92 Å². The molecule has 5 heteroatoms. The van der Waals surface area contributed by atoms with Gasteiger partial charge in [-0.15, -0.1) is 0 Å². The number of rotatable bonds is 8. The standard InChI is InChI=1S/C23H22N2O3/c1-17(26)19-8-5-9-21(14-19)25-23(27)15-24-20-10-12-22(13-11-20)28-16-18-6-3-2-4-7-18/h2-14,24H,15-16H2,1H3,(H,25,27). The first-order valence-corrected chi connectivity index (χ1v) is 9.02. The van der Waals surface area contributed by atoms with Gasteiger partial charge in [-0.25, -0.2) is 0 Å². The number of Topliss-reactive ketones (excluding diaryl/α,β-unsaturated/α-hetero) is 1. The first-order chi connectivity index (χ1) is 13.6. The number of hydrogen-bond acceptors (Lipinski definition) is 4. The first kappa shape index (κ1) is 19.2. The lowest BCUT2D eigenvalue weighted by Gasteiger charge is -2.10. The quantitative estimate of drug-likeness (QED) is 0.569. The van der Waals surface area contributed by atoms with Crippen LogP contribution in [0.25, 0.3) is 0 Å². The Morgan fingerprint density at radius 1 is 0.857 bits per heavy atom. The number of hydrogen-bond donors (Lipinski definition) is 2. The van der Waals surface area contributed by atoms with Crippen LogP contribution in [0.15, 0.2) is 78.9 Å². The minimum atomic E-state index is -0.190. The number of carbonyl (C=O) groups excluding carboxylic acids is 2. The van der Waals surface area contributed by atoms with Crippen molar-refractivity contribution in [2.75, 3.05) is 17.2 Å². The smallest absolute Gasteiger partial charge is 0.243 e. The average molecular weight is 374 g/mol. The summed E-state index contributed by atoms with van der Waals surface area (Å²) >= 11 is 0. The monoisotopic (exact) mass is 374 g/mol. The van der Waals surface area contributed by atoms with Gasteiger partial charge < -0.3 is 15.4 Å². The molecule has 0 bridgehead atoms. The molecule has 0 heterocycles. The fraction of sp³-hybridized carbons (Fsp3) is 0.130. The average Bonchev–Trinajstić information content (AvgIpc) is 2.72. The minimum Gasteiger partial charge on any atom is -0.489 e. The Hall–Kier alpha value is -3.60. The van der Waals surface area contributed by atoms with Crippen LogP contribution in [0.1, 0.15) is 22.8 Å². The molecule has 0 aromatic heterocycles. The SMILES string of the molecule is CC(=O)c1cccc(NC(=O)CNc2ccc(OCc3ccccc3)cc2)c1. The van der Waals surface area contributed by atoms with Crippen molar-refractivity contribution >= 4 is 23.1 Å². The lowest BCUT2D eigenvalue weighted by molar-refractivity contribution is -0.114. The van der Waals surface area contributed by atoms with Crippen LogP contribution >= 0.6 is 0 Å². The van der Waals surface area contributed by atoms with Gasteiger partial charge in [0.05, 0.1) is 6.54 Å². The zero-order valence-corrected chi connectivity index (χ0v) is 15.6. The maximum Gasteiger partial charge on any atom is 0.243 e. The molecule has 0 aliphatic rings. The van der Waals surface area contributed by atoms with Crippen LogP contribution in [0.2, 0.25) is 0 Å². The van der Waals surface area contributed by atoms with E-state index < -0.39 is 0 Å². The molecule has 0 aliphatic heterocycles. The van der Waals surface area contributed by atoms with Crippen LogP contribution in [-0.4, -0.2) is 18.2 Å². The summed E-state index contributed by atoms with van der Waals surface area (Å²) in [6.45, 7) is 2.12. The molecule has 0 radical (unpaired) electrons. The topological polar surface area (TPSA) is 67.4 Å². The van der Waals surface area contributed by atoms with Crippen LogP contribution in [0.5, 0.6) is 5.75 Å². The van der Waals surface area contributed by atoms with Crippen molar-refractivity contribution in [3.05, 3.63) is 90.0 Å². The maximum absolute atomic E-state index is 12.1. The second-order valence-corrected chi connectivity index (χ2v) is 6.34. The summed E-state index contributed by atoms with van der Waals surface area (Å²) in [5.41, 5.74) is 3.09. The number of benzene rings is 3. The zero-order valence-electron chi connectivity index (χ0n) is 15.6. The second-order valence-electron chi connectivity index (χ2n) is 6.34. The van der Waals surface area contributed by atoms with Gasteiger partial charge in [0.25, 0.3) is 0 Å². The minimum absolute atomic E-state index is 0.0382. The van der Waals surface area contributed by atoms with Crippen LogP contribution in [-0.2, 0) is 11.4 Å². The highest BCUT2D eigenvalue weighted by Gasteiger charge is 2.05. The highest BCUT2D eigenvalue weighted by molar-refractivity contribution is 5.98. The molecule has 0 saturated carbocycles. The summed E-state index contributed by atoms with van der Waals surface area (Å²) in [5.74, 6) is 0.536. The molecule has 0 unspecified atom stereocenters. The van der Waals surface area contributed by atoms with E-state index in [1.54, 1.807) is 24.3 Å². The van der Waals surface area contributed by atoms with Gasteiger partial charge in [-0.05, 0) is 48.9 Å². The molecule has 0 aliphatic carbocycles. The van der Waals surface area contributed by atoms with E-state index in [9.17, 15) is 9.59 Å². The van der Waals surface area contributed by atoms with Gasteiger partial charge >= 0.3 is 0 Å². The van der Waals surface area contributed by atoms with E-state index in [0.717, 1.165) is 17.0 Å². The number of ether oxygens (including phenoxy) is 1. The number of ketones is 1. The molecule has 3 aromatic carbocycles. The Bertz CT molecular complexity index is 938. The summed E-state index contributed by atoms with van der Waals surface area (Å²) in [6.07, 6.45) is 0. The summed E-state index contributed by atoms with van der Waals surface area (Å²) in [5, 5.41) is 5.85. The van der Waals surface area contributed by atoms with Crippen molar-refractivity contribution in [3.63, 3.8) is 0 Å². The zero-order chi connectivity index (χ0) is 19.8. The lowest BCUT2D eigenvalue weighted by atomic mass is 10.1. The second kappa shape index (κ2) is 9.37. The molecular weight excluding hydrogens is 352 g/mol. The third kappa shape index (κ3) is 5.71. The van der Waals surface area contributed by atoms with Gasteiger partial charge in [0, 0.05) is 16.9 Å². The summed E-state index contributed by atoms with van der Waals surface area (Å²) in [7, 11) is 0. The molecule has 3 rings (SSSR count). The molecule has 5 nitrogen and oxygen atoms in total. The summed E-state index contributed by atoms with van der Waals surface area (Å²) in [4.78, 5) is 23.5. The summed E-state index contributed by atoms with van der Waals surface area (Å²) < 4.78 is 5.75. The van der Waals surface area contributed by atoms with Crippen molar-refractivity contribution in [3.8, 4) is 5.75 Å². The van der Waals surface area contributed by atoms with Crippen molar-refractivity contribution in [2.24, 2.45) is 0 Å². The van der Waals surface area contributed by atoms with Gasteiger partial charge in [-0.2, -0.15) is 0 Å². The van der Waals surface area contributed by atoms with Gasteiger partial charge in [-0.3, -0.25) is 9.59 Å². The van der Waals surface area contributed by atoms with E-state index in [1.807, 2.05) is 54.6 Å². The molecule has 0 fully saturated rings. The van der Waals surface area contributed by atoms with Crippen LogP contribution in [0.3, 0.4) is 0 Å². The van der Waals surface area contributed by atoms with E-state index in [0.29, 0.717) is 17.9 Å². The van der Waals surface area contributed by atoms with Crippen molar-refractivity contribution in [1.29, 1.82) is 0 Å². The van der Waals surface area contributed by atoms with E-state index in [2.05, 4.69) is 10.6 Å². The van der Waals surface area contributed by atoms with Crippen LogP contribution in [0.4, 0.5) is 11.4 Å². The molecule has 0 saturated heterocycles. The number of carbonyl (C=O) groups is 2. The molecule has 142 valence electrons. The number of nitrogens with one attached hydrogen (secondary N) is 2. The fourth-order valence-electron chi connectivity index (χ4n) is 2.61. The largest absolute Gasteiger partial charge is 0.489 e. The predicted octanol–water partition coefficient (Wildman–Crippen LogP) is 4.52. The molecule has 2 N–H and O–H groups in total. The number of anilines is 2. The molecule has 3 aromatic rings. The third-order valence-corrected chi connectivity index (χ3v) is 4.11. The van der Waals surface area contributed by atoms with Gasteiger partial charge in [0.1, 0.15) is 12.4 Å². The lowest BCUT2D eigenvalue weighted by Crippen LogP contribution is -2.21. The molecular formula is C23H22N2O3. The normalized spacial score (nSPS) is 10.2. The van der Waals surface area contributed by atoms with Crippen LogP contribution in [0, 0.1) is 0 Å². The van der Waals surface area contributed by atoms with E-state index in [4.69, 9.17) is 4.74 Å². The van der Waals surface area contributed by atoms with Crippen LogP contribution < -0.4 is 15.4 Å². The van der Waals surface area contributed by atoms with Gasteiger partial charge in [-0.1, -0.05) is 42.5 Å². The van der Waals surface area contributed by atoms with Crippen molar-refractivity contribution < 1.29 is 14.3 Å². The number of amides is 1. The van der Waals surface area contributed by atoms with Crippen molar-refractivity contribution in [1.82, 2.24) is 0 Å². The van der Waals surface area contributed by atoms with E-state index >= 15 is 0 Å². The maximum atomic E-state index is 12.1. The predicted molar refractivity (Wildman–Crippen MR) is 111 cm³/mol. The Morgan fingerprint density at radius 3 is 2.32 bits per heavy atom. The highest BCUT2D eigenvalue weighted by Crippen LogP contribution is 2.17. The van der Waals surface area contributed by atoms with E-state index in [-0.39, 0.29) is 18.2 Å². The third-order valence-electron chi connectivity index (χ3n) is 4.11. The fourth-order valence-corrected chi connectivity index (χ4v) is 2.61. The Kier molecular flexibility index (Phi) is 6.41. The molecule has 0 atom stereocenters. The first-order valence-electron chi connectivity index (χ1n) is 9.02. The van der Waals surface area contributed by atoms with Gasteiger partial charge in [0.2, 0.25) is 5.91 Å².